The molecule has 0 saturated carbocycles. The molecule has 0 unspecified atom stereocenters. The zero-order chi connectivity index (χ0) is 16.1. The molecule has 3 nitrogen and oxygen atoms in total. The van der Waals surface area contributed by atoms with E-state index in [9.17, 15) is 13.6 Å². The Balaban J connectivity index is 1.79. The standard InChI is InChI=1S/C15H19BClF2NO2/c16-20-5-3-10(4-6-20)2-1-7-22-11-8-12(18)14(15(17)21)13(19)9-11/h8-10H,1-7,16H2. The lowest BCUT2D eigenvalue weighted by Gasteiger charge is -2.29. The molecule has 0 N–H and O–H groups in total. The van der Waals surface area contributed by atoms with Crippen molar-refractivity contribution >= 4 is 24.8 Å². The highest BCUT2D eigenvalue weighted by Gasteiger charge is 2.18. The summed E-state index contributed by atoms with van der Waals surface area (Å²) in [5.41, 5.74) is -0.736. The van der Waals surface area contributed by atoms with Gasteiger partial charge in [-0.15, -0.1) is 0 Å². The van der Waals surface area contributed by atoms with E-state index in [0.29, 0.717) is 12.5 Å². The second-order valence-corrected chi connectivity index (χ2v) is 6.12. The van der Waals surface area contributed by atoms with Crippen LogP contribution in [-0.4, -0.2) is 37.7 Å². The fourth-order valence-corrected chi connectivity index (χ4v) is 2.91. The summed E-state index contributed by atoms with van der Waals surface area (Å²) in [4.78, 5) is 13.2. The number of ether oxygens (including phenoxy) is 1. The minimum absolute atomic E-state index is 0.0834. The third-order valence-electron chi connectivity index (χ3n) is 4.08. The second-order valence-electron chi connectivity index (χ2n) is 5.77. The summed E-state index contributed by atoms with van der Waals surface area (Å²) in [5, 5.41) is -1.15. The van der Waals surface area contributed by atoms with Crippen LogP contribution in [-0.2, 0) is 0 Å². The summed E-state index contributed by atoms with van der Waals surface area (Å²) in [6.07, 6.45) is 4.27. The molecule has 1 aliphatic heterocycles. The third-order valence-corrected chi connectivity index (χ3v) is 4.26. The number of benzene rings is 1. The number of carbonyl (C=O) groups excluding carboxylic acids is 1. The highest BCUT2D eigenvalue weighted by molar-refractivity contribution is 6.67. The lowest BCUT2D eigenvalue weighted by Crippen LogP contribution is -2.31. The predicted octanol–water partition coefficient (Wildman–Crippen LogP) is 2.76. The molecule has 0 spiro atoms. The average Bonchev–Trinajstić information content (AvgIpc) is 2.44. The highest BCUT2D eigenvalue weighted by Crippen LogP contribution is 2.24. The molecule has 22 heavy (non-hydrogen) atoms. The van der Waals surface area contributed by atoms with Crippen LogP contribution in [0, 0.1) is 17.6 Å². The number of rotatable bonds is 6. The van der Waals surface area contributed by atoms with Gasteiger partial charge in [0.15, 0.2) is 7.98 Å². The fraction of sp³-hybridized carbons (Fsp3) is 0.533. The maximum Gasteiger partial charge on any atom is 0.258 e. The first-order valence-electron chi connectivity index (χ1n) is 7.47. The first-order valence-corrected chi connectivity index (χ1v) is 7.85. The predicted molar refractivity (Wildman–Crippen MR) is 84.1 cm³/mol. The summed E-state index contributed by atoms with van der Waals surface area (Å²) in [6.45, 7) is 2.64. The molecule has 1 aromatic rings. The van der Waals surface area contributed by atoms with Gasteiger partial charge in [0.05, 0.1) is 6.61 Å². The first kappa shape index (κ1) is 17.2. The van der Waals surface area contributed by atoms with E-state index in [-0.39, 0.29) is 5.75 Å². The Morgan fingerprint density at radius 2 is 1.91 bits per heavy atom. The van der Waals surface area contributed by atoms with Crippen molar-refractivity contribution in [2.45, 2.75) is 25.7 Å². The molecule has 1 fully saturated rings. The molecule has 0 amide bonds. The van der Waals surface area contributed by atoms with Gasteiger partial charge in [0.25, 0.3) is 5.24 Å². The van der Waals surface area contributed by atoms with E-state index in [1.165, 1.54) is 12.8 Å². The lowest BCUT2D eigenvalue weighted by atomic mass is 9.91. The minimum Gasteiger partial charge on any atom is -0.493 e. The van der Waals surface area contributed by atoms with E-state index in [1.54, 1.807) is 0 Å². The van der Waals surface area contributed by atoms with Gasteiger partial charge in [0.2, 0.25) is 0 Å². The van der Waals surface area contributed by atoms with Gasteiger partial charge in [-0.05, 0) is 56.3 Å². The Bertz CT molecular complexity index is 513. The van der Waals surface area contributed by atoms with Crippen LogP contribution in [0.1, 0.15) is 36.0 Å². The lowest BCUT2D eigenvalue weighted by molar-refractivity contribution is 0.107. The third kappa shape index (κ3) is 4.68. The van der Waals surface area contributed by atoms with E-state index >= 15 is 0 Å². The molecule has 0 aliphatic carbocycles. The van der Waals surface area contributed by atoms with Crippen LogP contribution in [0.2, 0.25) is 0 Å². The largest absolute Gasteiger partial charge is 0.493 e. The molecule has 120 valence electrons. The maximum atomic E-state index is 13.6. The molecule has 1 aromatic carbocycles. The SMILES string of the molecule is BN1CCC(CCCOc2cc(F)c(C(=O)Cl)c(F)c2)CC1. The van der Waals surface area contributed by atoms with Gasteiger partial charge in [-0.1, -0.05) is 0 Å². The zero-order valence-corrected chi connectivity index (χ0v) is 13.3. The van der Waals surface area contributed by atoms with Crippen molar-refractivity contribution in [2.24, 2.45) is 5.92 Å². The van der Waals surface area contributed by atoms with Gasteiger partial charge >= 0.3 is 0 Å². The number of hydrogen-bond donors (Lipinski definition) is 0. The smallest absolute Gasteiger partial charge is 0.258 e. The van der Waals surface area contributed by atoms with Crippen molar-refractivity contribution in [3.05, 3.63) is 29.3 Å². The van der Waals surface area contributed by atoms with Crippen molar-refractivity contribution < 1.29 is 18.3 Å². The molecular formula is C15H19BClF2NO2. The molecule has 1 saturated heterocycles. The van der Waals surface area contributed by atoms with Crippen molar-refractivity contribution in [3.8, 4) is 5.75 Å². The van der Waals surface area contributed by atoms with E-state index < -0.39 is 22.4 Å². The number of hydrogen-bond acceptors (Lipinski definition) is 3. The van der Waals surface area contributed by atoms with Crippen molar-refractivity contribution in [2.75, 3.05) is 19.7 Å². The van der Waals surface area contributed by atoms with Gasteiger partial charge in [-0.25, -0.2) is 8.78 Å². The Labute approximate surface area is 135 Å². The van der Waals surface area contributed by atoms with E-state index in [4.69, 9.17) is 16.3 Å². The Morgan fingerprint density at radius 1 is 1.32 bits per heavy atom. The quantitative estimate of drug-likeness (QED) is 0.457. The summed E-state index contributed by atoms with van der Waals surface area (Å²) < 4.78 is 32.5. The van der Waals surface area contributed by atoms with Gasteiger partial charge < -0.3 is 9.55 Å². The van der Waals surface area contributed by atoms with Gasteiger partial charge in [-0.2, -0.15) is 0 Å². The van der Waals surface area contributed by atoms with Crippen LogP contribution in [0.15, 0.2) is 12.1 Å². The number of nitrogens with zero attached hydrogens (tertiary/aromatic N) is 1. The summed E-state index contributed by atoms with van der Waals surface area (Å²) in [7, 11) is 2.12. The van der Waals surface area contributed by atoms with Crippen molar-refractivity contribution in [1.29, 1.82) is 0 Å². The summed E-state index contributed by atoms with van der Waals surface area (Å²) in [5.74, 6) is -1.21. The van der Waals surface area contributed by atoms with Crippen molar-refractivity contribution in [1.82, 2.24) is 4.81 Å². The summed E-state index contributed by atoms with van der Waals surface area (Å²) in [6, 6.07) is 1.99. The maximum absolute atomic E-state index is 13.6. The molecular weight excluding hydrogens is 310 g/mol. The monoisotopic (exact) mass is 329 g/mol. The van der Waals surface area contributed by atoms with Crippen LogP contribution >= 0.6 is 11.6 Å². The van der Waals surface area contributed by atoms with Crippen LogP contribution in [0.3, 0.4) is 0 Å². The highest BCUT2D eigenvalue weighted by atomic mass is 35.5. The molecule has 0 aromatic heterocycles. The number of carbonyl (C=O) groups is 1. The molecule has 0 atom stereocenters. The Kier molecular flexibility index (Phi) is 6.21. The molecule has 7 heteroatoms. The summed E-state index contributed by atoms with van der Waals surface area (Å²) >= 11 is 5.13. The molecule has 1 heterocycles. The minimum atomic E-state index is -1.15. The number of halogens is 3. The average molecular weight is 330 g/mol. The van der Waals surface area contributed by atoms with Crippen LogP contribution in [0.25, 0.3) is 0 Å². The van der Waals surface area contributed by atoms with Crippen molar-refractivity contribution in [3.63, 3.8) is 0 Å². The van der Waals surface area contributed by atoms with Gasteiger partial charge in [0.1, 0.15) is 22.9 Å². The first-order chi connectivity index (χ1) is 10.5. The topological polar surface area (TPSA) is 29.5 Å². The molecule has 1 aliphatic rings. The molecule has 0 radical (unpaired) electrons. The Morgan fingerprint density at radius 3 is 2.45 bits per heavy atom. The van der Waals surface area contributed by atoms with Crippen LogP contribution < -0.4 is 4.74 Å². The number of piperidine rings is 1. The van der Waals surface area contributed by atoms with Gasteiger partial charge in [-0.3, -0.25) is 4.79 Å². The van der Waals surface area contributed by atoms with Gasteiger partial charge in [0, 0.05) is 12.1 Å². The van der Waals surface area contributed by atoms with E-state index in [0.717, 1.165) is 38.1 Å². The van der Waals surface area contributed by atoms with E-state index in [1.807, 2.05) is 0 Å². The molecule has 0 bridgehead atoms. The Hall–Kier alpha value is -1.14. The zero-order valence-electron chi connectivity index (χ0n) is 12.6. The van der Waals surface area contributed by atoms with Crippen LogP contribution in [0.4, 0.5) is 8.78 Å². The normalized spacial score (nSPS) is 16.7. The fourth-order valence-electron chi connectivity index (χ4n) is 2.73. The van der Waals surface area contributed by atoms with E-state index in [2.05, 4.69) is 12.8 Å². The van der Waals surface area contributed by atoms with Crippen LogP contribution in [0.5, 0.6) is 5.75 Å². The molecule has 2 rings (SSSR count). The second kappa shape index (κ2) is 7.93.